The van der Waals surface area contributed by atoms with Gasteiger partial charge in [-0.15, -0.1) is 0 Å². The van der Waals surface area contributed by atoms with Gasteiger partial charge in [0, 0.05) is 20.5 Å². The molecule has 1 aromatic rings. The van der Waals surface area contributed by atoms with E-state index in [4.69, 9.17) is 0 Å². The van der Waals surface area contributed by atoms with Gasteiger partial charge < -0.3 is 4.90 Å². The van der Waals surface area contributed by atoms with Crippen molar-refractivity contribution in [1.82, 2.24) is 4.90 Å². The first kappa shape index (κ1) is 11.9. The summed E-state index contributed by atoms with van der Waals surface area (Å²) < 4.78 is 0. The monoisotopic (exact) mass is 229 g/mol. The maximum atomic E-state index is 11.7. The number of rotatable bonds is 3. The largest absolute Gasteiger partial charge is 0.375 e. The summed E-state index contributed by atoms with van der Waals surface area (Å²) in [4.78, 5) is 13.7. The van der Waals surface area contributed by atoms with E-state index in [1.54, 1.807) is 0 Å². The van der Waals surface area contributed by atoms with Crippen molar-refractivity contribution in [3.63, 3.8) is 0 Å². The van der Waals surface area contributed by atoms with Crippen LogP contribution in [0.25, 0.3) is 0 Å². The smallest absolute Gasteiger partial charge is 0.178 e. The molecule has 0 saturated heterocycles. The summed E-state index contributed by atoms with van der Waals surface area (Å²) in [5, 5.41) is 0. The van der Waals surface area contributed by atoms with Crippen LogP contribution < -0.4 is 0 Å². The topological polar surface area (TPSA) is 20.3 Å². The number of Topliss-reactive ketones (excluding diaryl/α,β-unsaturated/α-hetero) is 1. The average Bonchev–Trinajstić information content (AvgIpc) is 2.32. The van der Waals surface area contributed by atoms with E-state index < -0.39 is 0 Å². The Hall–Kier alpha value is -1.57. The van der Waals surface area contributed by atoms with Crippen LogP contribution in [0.1, 0.15) is 18.4 Å². The molecule has 0 amide bonds. The molecule has 0 fully saturated rings. The van der Waals surface area contributed by atoms with E-state index >= 15 is 0 Å². The summed E-state index contributed by atoms with van der Waals surface area (Å²) in [6.45, 7) is 0. The molecule has 1 aromatic carbocycles. The zero-order valence-electron chi connectivity index (χ0n) is 10.5. The fourth-order valence-electron chi connectivity index (χ4n) is 2.32. The Kier molecular flexibility index (Phi) is 3.62. The van der Waals surface area contributed by atoms with Gasteiger partial charge in [0.1, 0.15) is 0 Å². The number of hydrogen-bond acceptors (Lipinski definition) is 2. The molecule has 1 atom stereocenters. The van der Waals surface area contributed by atoms with Crippen LogP contribution in [0.15, 0.2) is 42.1 Å². The van der Waals surface area contributed by atoms with Crippen LogP contribution >= 0.6 is 0 Å². The molecule has 0 aliphatic heterocycles. The summed E-state index contributed by atoms with van der Waals surface area (Å²) in [5.74, 6) is 0.770. The molecular weight excluding hydrogens is 210 g/mol. The summed E-state index contributed by atoms with van der Waals surface area (Å²) in [7, 11) is 3.88. The number of carbonyl (C=O) groups is 1. The van der Waals surface area contributed by atoms with Crippen LogP contribution in [0.5, 0.6) is 0 Å². The summed E-state index contributed by atoms with van der Waals surface area (Å²) in [6, 6.07) is 10.5. The first-order chi connectivity index (χ1) is 8.16. The Bertz CT molecular complexity index is 420. The first-order valence-corrected chi connectivity index (χ1v) is 6.13. The van der Waals surface area contributed by atoms with Crippen molar-refractivity contribution in [2.24, 2.45) is 5.92 Å². The van der Waals surface area contributed by atoms with Gasteiger partial charge in [0.05, 0.1) is 5.70 Å². The Morgan fingerprint density at radius 3 is 2.59 bits per heavy atom. The number of allylic oxidation sites excluding steroid dienone is 2. The second-order valence-electron chi connectivity index (χ2n) is 4.86. The van der Waals surface area contributed by atoms with E-state index in [0.717, 1.165) is 18.5 Å². The van der Waals surface area contributed by atoms with Gasteiger partial charge in [-0.3, -0.25) is 4.79 Å². The molecule has 2 rings (SSSR count). The van der Waals surface area contributed by atoms with Gasteiger partial charge in [0.15, 0.2) is 5.78 Å². The molecule has 0 N–H and O–H groups in total. The minimum atomic E-state index is 0.277. The van der Waals surface area contributed by atoms with Crippen molar-refractivity contribution in [1.29, 1.82) is 0 Å². The van der Waals surface area contributed by atoms with E-state index in [0.29, 0.717) is 12.3 Å². The third kappa shape index (κ3) is 2.96. The maximum absolute atomic E-state index is 11.7. The molecule has 0 saturated carbocycles. The molecule has 0 aromatic heterocycles. The minimum absolute atomic E-state index is 0.277. The highest BCUT2D eigenvalue weighted by Gasteiger charge is 2.21. The van der Waals surface area contributed by atoms with Gasteiger partial charge in [-0.25, -0.2) is 0 Å². The second-order valence-corrected chi connectivity index (χ2v) is 4.86. The second kappa shape index (κ2) is 5.17. The van der Waals surface area contributed by atoms with Gasteiger partial charge in [-0.2, -0.15) is 0 Å². The Balaban J connectivity index is 2.10. The van der Waals surface area contributed by atoms with Crippen molar-refractivity contribution < 1.29 is 4.79 Å². The Morgan fingerprint density at radius 1 is 1.24 bits per heavy atom. The fourth-order valence-corrected chi connectivity index (χ4v) is 2.32. The van der Waals surface area contributed by atoms with Crippen LogP contribution in [0.4, 0.5) is 0 Å². The number of hydrogen-bond donors (Lipinski definition) is 0. The summed E-state index contributed by atoms with van der Waals surface area (Å²) in [6.07, 6.45) is 4.83. The highest BCUT2D eigenvalue weighted by Crippen LogP contribution is 2.24. The molecule has 2 heteroatoms. The molecule has 1 aliphatic rings. The van der Waals surface area contributed by atoms with Gasteiger partial charge in [0.2, 0.25) is 0 Å². The lowest BCUT2D eigenvalue weighted by Gasteiger charge is -2.24. The SMILES string of the molecule is CN(C)C1=CC(Cc2ccccc2)CCC1=O. The molecule has 0 bridgehead atoms. The molecule has 90 valence electrons. The van der Waals surface area contributed by atoms with Crippen LogP contribution in [0, 0.1) is 5.92 Å². The lowest BCUT2D eigenvalue weighted by Crippen LogP contribution is -2.25. The molecule has 2 nitrogen and oxygen atoms in total. The normalized spacial score (nSPS) is 20.0. The number of benzene rings is 1. The van der Waals surface area contributed by atoms with Gasteiger partial charge in [-0.05, 0) is 24.3 Å². The molecule has 0 radical (unpaired) electrons. The Morgan fingerprint density at radius 2 is 1.94 bits per heavy atom. The third-order valence-corrected chi connectivity index (χ3v) is 3.24. The van der Waals surface area contributed by atoms with Crippen molar-refractivity contribution in [3.05, 3.63) is 47.7 Å². The van der Waals surface area contributed by atoms with Gasteiger partial charge in [-0.1, -0.05) is 36.4 Å². The molecular formula is C15H19NO. The number of carbonyl (C=O) groups excluding carboxylic acids is 1. The lowest BCUT2D eigenvalue weighted by atomic mass is 9.87. The minimum Gasteiger partial charge on any atom is -0.375 e. The van der Waals surface area contributed by atoms with Crippen molar-refractivity contribution >= 4 is 5.78 Å². The zero-order chi connectivity index (χ0) is 12.3. The van der Waals surface area contributed by atoms with Crippen molar-refractivity contribution in [2.45, 2.75) is 19.3 Å². The fraction of sp³-hybridized carbons (Fsp3) is 0.400. The lowest BCUT2D eigenvalue weighted by molar-refractivity contribution is -0.117. The molecule has 0 spiro atoms. The molecule has 1 aliphatic carbocycles. The predicted molar refractivity (Wildman–Crippen MR) is 69.6 cm³/mol. The highest BCUT2D eigenvalue weighted by molar-refractivity contribution is 5.95. The number of nitrogens with zero attached hydrogens (tertiary/aromatic N) is 1. The molecule has 17 heavy (non-hydrogen) atoms. The van der Waals surface area contributed by atoms with E-state index in [2.05, 4.69) is 30.3 Å². The van der Waals surface area contributed by atoms with Crippen LogP contribution in [0.2, 0.25) is 0 Å². The van der Waals surface area contributed by atoms with E-state index in [-0.39, 0.29) is 5.78 Å². The van der Waals surface area contributed by atoms with Crippen LogP contribution in [-0.4, -0.2) is 24.8 Å². The van der Waals surface area contributed by atoms with Crippen molar-refractivity contribution in [2.75, 3.05) is 14.1 Å². The Labute approximate surface area is 103 Å². The zero-order valence-corrected chi connectivity index (χ0v) is 10.5. The van der Waals surface area contributed by atoms with E-state index in [1.807, 2.05) is 25.1 Å². The first-order valence-electron chi connectivity index (χ1n) is 6.13. The van der Waals surface area contributed by atoms with Gasteiger partial charge in [0.25, 0.3) is 0 Å². The maximum Gasteiger partial charge on any atom is 0.178 e. The van der Waals surface area contributed by atoms with Crippen LogP contribution in [-0.2, 0) is 11.2 Å². The number of ketones is 1. The highest BCUT2D eigenvalue weighted by atomic mass is 16.1. The predicted octanol–water partition coefficient (Wildman–Crippen LogP) is 2.65. The van der Waals surface area contributed by atoms with Gasteiger partial charge >= 0.3 is 0 Å². The third-order valence-electron chi connectivity index (χ3n) is 3.24. The molecule has 0 heterocycles. The average molecular weight is 229 g/mol. The summed E-state index contributed by atoms with van der Waals surface area (Å²) >= 11 is 0. The standard InChI is InChI=1S/C15H19NO/c1-16(2)14-11-13(8-9-15(14)17)10-12-6-4-3-5-7-12/h3-7,11,13H,8-10H2,1-2H3. The van der Waals surface area contributed by atoms with E-state index in [9.17, 15) is 4.79 Å². The summed E-state index contributed by atoms with van der Waals surface area (Å²) in [5.41, 5.74) is 2.22. The van der Waals surface area contributed by atoms with E-state index in [1.165, 1.54) is 5.56 Å². The van der Waals surface area contributed by atoms with Crippen molar-refractivity contribution in [3.8, 4) is 0 Å². The van der Waals surface area contributed by atoms with Crippen LogP contribution in [0.3, 0.4) is 0 Å². The number of likely N-dealkylation sites (N-methyl/N-ethyl adjacent to an activating group) is 1. The molecule has 1 unspecified atom stereocenters. The quantitative estimate of drug-likeness (QED) is 0.794.